The Bertz CT molecular complexity index is 657. The number of urea groups is 1. The Hall–Kier alpha value is -2.02. The molecule has 7 heteroatoms. The highest BCUT2D eigenvalue weighted by molar-refractivity contribution is 9.10. The van der Waals surface area contributed by atoms with Gasteiger partial charge in [0.05, 0.1) is 30.3 Å². The third kappa shape index (κ3) is 2.81. The molecule has 22 heavy (non-hydrogen) atoms. The summed E-state index contributed by atoms with van der Waals surface area (Å²) in [6.07, 6.45) is 0. The van der Waals surface area contributed by atoms with Crippen LogP contribution in [0.5, 0.6) is 5.75 Å². The standard InChI is InChI=1S/C15H17BrN2O4/c1-8-12(14(19)22-4)13(17-15(20)18(8)2)9-5-6-11(21-3)10(16)7-9/h5-7,13H,1-4H3,(H,17,20)/t13-/m1/s1. The van der Waals surface area contributed by atoms with Crippen LogP contribution in [0.4, 0.5) is 4.79 Å². The molecule has 1 atom stereocenters. The zero-order valence-corrected chi connectivity index (χ0v) is 14.4. The van der Waals surface area contributed by atoms with Crippen LogP contribution in [0, 0.1) is 0 Å². The molecule has 118 valence electrons. The first-order valence-electron chi connectivity index (χ1n) is 6.57. The van der Waals surface area contributed by atoms with Gasteiger partial charge in [-0.05, 0) is 40.5 Å². The van der Waals surface area contributed by atoms with Gasteiger partial charge in [0.1, 0.15) is 5.75 Å². The number of benzene rings is 1. The van der Waals surface area contributed by atoms with Gasteiger partial charge >= 0.3 is 12.0 Å². The summed E-state index contributed by atoms with van der Waals surface area (Å²) in [5.74, 6) is 0.199. The van der Waals surface area contributed by atoms with E-state index in [4.69, 9.17) is 9.47 Å². The van der Waals surface area contributed by atoms with Gasteiger partial charge in [0.15, 0.2) is 0 Å². The smallest absolute Gasteiger partial charge is 0.337 e. The molecule has 0 spiro atoms. The van der Waals surface area contributed by atoms with E-state index in [9.17, 15) is 9.59 Å². The van der Waals surface area contributed by atoms with Crippen molar-refractivity contribution in [3.63, 3.8) is 0 Å². The fourth-order valence-corrected chi connectivity index (χ4v) is 2.88. The lowest BCUT2D eigenvalue weighted by Crippen LogP contribution is -2.46. The Balaban J connectivity index is 2.54. The number of rotatable bonds is 3. The number of halogens is 1. The second kappa shape index (κ2) is 6.39. The van der Waals surface area contributed by atoms with Gasteiger partial charge in [-0.15, -0.1) is 0 Å². The summed E-state index contributed by atoms with van der Waals surface area (Å²) in [6.45, 7) is 1.72. The van der Waals surface area contributed by atoms with E-state index in [0.29, 0.717) is 17.0 Å². The Labute approximate surface area is 137 Å². The van der Waals surface area contributed by atoms with E-state index in [2.05, 4.69) is 21.2 Å². The van der Waals surface area contributed by atoms with Crippen LogP contribution in [0.3, 0.4) is 0 Å². The van der Waals surface area contributed by atoms with Crippen LogP contribution >= 0.6 is 15.9 Å². The molecular weight excluding hydrogens is 352 g/mol. The summed E-state index contributed by atoms with van der Waals surface area (Å²) in [5.41, 5.74) is 1.73. The number of hydrogen-bond donors (Lipinski definition) is 1. The molecule has 1 aromatic rings. The first kappa shape index (κ1) is 16.4. The molecule has 1 N–H and O–H groups in total. The van der Waals surface area contributed by atoms with Crippen LogP contribution in [-0.4, -0.2) is 38.2 Å². The predicted octanol–water partition coefficient (Wildman–Crippen LogP) is 2.60. The summed E-state index contributed by atoms with van der Waals surface area (Å²) in [7, 11) is 4.49. The summed E-state index contributed by atoms with van der Waals surface area (Å²) in [5, 5.41) is 2.81. The van der Waals surface area contributed by atoms with Gasteiger partial charge in [-0.2, -0.15) is 0 Å². The van der Waals surface area contributed by atoms with Crippen LogP contribution in [0.15, 0.2) is 33.9 Å². The average Bonchev–Trinajstić information content (AvgIpc) is 2.51. The molecule has 0 fully saturated rings. The lowest BCUT2D eigenvalue weighted by atomic mass is 9.95. The third-order valence-electron chi connectivity index (χ3n) is 3.67. The highest BCUT2D eigenvalue weighted by atomic mass is 79.9. The molecule has 0 bridgehead atoms. The first-order chi connectivity index (χ1) is 10.4. The summed E-state index contributed by atoms with van der Waals surface area (Å²) >= 11 is 3.41. The van der Waals surface area contributed by atoms with Gasteiger partial charge in [0, 0.05) is 12.7 Å². The lowest BCUT2D eigenvalue weighted by Gasteiger charge is -2.33. The van der Waals surface area contributed by atoms with E-state index in [0.717, 1.165) is 10.0 Å². The van der Waals surface area contributed by atoms with Gasteiger partial charge in [0.2, 0.25) is 0 Å². The number of nitrogens with zero attached hydrogens (tertiary/aromatic N) is 1. The van der Waals surface area contributed by atoms with Crippen LogP contribution in [0.2, 0.25) is 0 Å². The molecule has 0 aliphatic carbocycles. The molecule has 1 aliphatic rings. The van der Waals surface area contributed by atoms with E-state index in [1.807, 2.05) is 6.07 Å². The van der Waals surface area contributed by atoms with Crippen molar-refractivity contribution in [2.24, 2.45) is 0 Å². The predicted molar refractivity (Wildman–Crippen MR) is 84.4 cm³/mol. The molecular formula is C15H17BrN2O4. The van der Waals surface area contributed by atoms with E-state index < -0.39 is 12.0 Å². The van der Waals surface area contributed by atoms with Gasteiger partial charge < -0.3 is 19.7 Å². The van der Waals surface area contributed by atoms with Gasteiger partial charge in [-0.1, -0.05) is 6.07 Å². The molecule has 0 aromatic heterocycles. The monoisotopic (exact) mass is 368 g/mol. The fraction of sp³-hybridized carbons (Fsp3) is 0.333. The zero-order valence-electron chi connectivity index (χ0n) is 12.8. The number of hydrogen-bond acceptors (Lipinski definition) is 4. The molecule has 0 radical (unpaired) electrons. The van der Waals surface area contributed by atoms with Gasteiger partial charge in [-0.3, -0.25) is 0 Å². The summed E-state index contributed by atoms with van der Waals surface area (Å²) < 4.78 is 10.8. The molecule has 2 rings (SSSR count). The minimum absolute atomic E-state index is 0.276. The Kier molecular flexibility index (Phi) is 4.75. The van der Waals surface area contributed by atoms with E-state index >= 15 is 0 Å². The van der Waals surface area contributed by atoms with Crippen LogP contribution in [0.1, 0.15) is 18.5 Å². The molecule has 1 aromatic carbocycles. The van der Waals surface area contributed by atoms with E-state index in [1.54, 1.807) is 33.2 Å². The number of ether oxygens (including phenoxy) is 2. The van der Waals surface area contributed by atoms with Crippen LogP contribution in [-0.2, 0) is 9.53 Å². The minimum atomic E-state index is -0.571. The zero-order chi connectivity index (χ0) is 16.4. The summed E-state index contributed by atoms with van der Waals surface area (Å²) in [6, 6.07) is 4.54. The third-order valence-corrected chi connectivity index (χ3v) is 4.29. The largest absolute Gasteiger partial charge is 0.496 e. The Morgan fingerprint density at radius 1 is 1.36 bits per heavy atom. The first-order valence-corrected chi connectivity index (χ1v) is 7.36. The summed E-state index contributed by atoms with van der Waals surface area (Å²) in [4.78, 5) is 25.6. The van der Waals surface area contributed by atoms with Gasteiger partial charge in [0.25, 0.3) is 0 Å². The van der Waals surface area contributed by atoms with Crippen LogP contribution in [0.25, 0.3) is 0 Å². The van der Waals surface area contributed by atoms with Crippen molar-refractivity contribution in [2.75, 3.05) is 21.3 Å². The molecule has 0 saturated heterocycles. The van der Waals surface area contributed by atoms with Crippen molar-refractivity contribution >= 4 is 27.9 Å². The van der Waals surface area contributed by atoms with Crippen molar-refractivity contribution in [3.05, 3.63) is 39.5 Å². The van der Waals surface area contributed by atoms with Crippen molar-refractivity contribution in [1.29, 1.82) is 0 Å². The van der Waals surface area contributed by atoms with Crippen molar-refractivity contribution in [2.45, 2.75) is 13.0 Å². The lowest BCUT2D eigenvalue weighted by molar-refractivity contribution is -0.136. The molecule has 6 nitrogen and oxygen atoms in total. The average molecular weight is 369 g/mol. The SMILES string of the molecule is COC(=O)C1=C(C)N(C)C(=O)N[C@@H]1c1ccc(OC)c(Br)c1. The molecule has 0 unspecified atom stereocenters. The normalized spacial score (nSPS) is 18.1. The second-order valence-corrected chi connectivity index (χ2v) is 5.68. The number of amides is 2. The molecule has 2 amide bonds. The van der Waals surface area contributed by atoms with Gasteiger partial charge in [-0.25, -0.2) is 9.59 Å². The van der Waals surface area contributed by atoms with Crippen molar-refractivity contribution in [1.82, 2.24) is 10.2 Å². The Morgan fingerprint density at radius 3 is 2.59 bits per heavy atom. The second-order valence-electron chi connectivity index (χ2n) is 4.83. The van der Waals surface area contributed by atoms with Crippen molar-refractivity contribution < 1.29 is 19.1 Å². The van der Waals surface area contributed by atoms with E-state index in [-0.39, 0.29) is 6.03 Å². The highest BCUT2D eigenvalue weighted by Gasteiger charge is 2.34. The fourth-order valence-electron chi connectivity index (χ4n) is 2.32. The topological polar surface area (TPSA) is 67.9 Å². The number of esters is 1. The molecule has 0 saturated carbocycles. The quantitative estimate of drug-likeness (QED) is 0.832. The maximum absolute atomic E-state index is 12.1. The van der Waals surface area contributed by atoms with E-state index in [1.165, 1.54) is 12.0 Å². The van der Waals surface area contributed by atoms with Crippen LogP contribution < -0.4 is 10.1 Å². The molecule has 1 heterocycles. The number of allylic oxidation sites excluding steroid dienone is 1. The Morgan fingerprint density at radius 2 is 2.05 bits per heavy atom. The minimum Gasteiger partial charge on any atom is -0.496 e. The highest BCUT2D eigenvalue weighted by Crippen LogP contribution is 2.34. The maximum Gasteiger partial charge on any atom is 0.337 e. The number of carbonyl (C=O) groups is 2. The number of carbonyl (C=O) groups excluding carboxylic acids is 2. The molecule has 1 aliphatic heterocycles. The maximum atomic E-state index is 12.1. The number of methoxy groups -OCH3 is 2. The number of nitrogens with one attached hydrogen (secondary N) is 1. The van der Waals surface area contributed by atoms with Crippen molar-refractivity contribution in [3.8, 4) is 5.75 Å².